The predicted molar refractivity (Wildman–Crippen MR) is 127 cm³/mol. The minimum absolute atomic E-state index is 0.0237. The fourth-order valence-electron chi connectivity index (χ4n) is 4.16. The summed E-state index contributed by atoms with van der Waals surface area (Å²) < 4.78 is 1.84. The largest absolute Gasteiger partial charge is 0.370 e. The van der Waals surface area contributed by atoms with E-state index in [-0.39, 0.29) is 11.8 Å². The summed E-state index contributed by atoms with van der Waals surface area (Å²) in [5, 5.41) is 14.2. The highest BCUT2D eigenvalue weighted by molar-refractivity contribution is 6.30. The Labute approximate surface area is 193 Å². The Balaban J connectivity index is 1.54. The maximum absolute atomic E-state index is 13.5. The van der Waals surface area contributed by atoms with Gasteiger partial charge in [0.25, 0.3) is 5.91 Å². The van der Waals surface area contributed by atoms with Gasteiger partial charge in [-0.05, 0) is 60.9 Å². The Morgan fingerprint density at radius 1 is 1.00 bits per heavy atom. The number of carbonyl (C=O) groups excluding carboxylic acids is 1. The van der Waals surface area contributed by atoms with Crippen molar-refractivity contribution in [2.75, 3.05) is 31.1 Å². The van der Waals surface area contributed by atoms with Crippen LogP contribution in [0.25, 0.3) is 5.69 Å². The summed E-state index contributed by atoms with van der Waals surface area (Å²) in [6.45, 7) is 7.12. The monoisotopic (exact) mass is 447 g/mol. The quantitative estimate of drug-likeness (QED) is 0.572. The topological polar surface area (TPSA) is 65.2 Å². The molecule has 0 saturated carbocycles. The number of halogens is 1. The van der Waals surface area contributed by atoms with Crippen molar-refractivity contribution >= 4 is 23.2 Å². The zero-order chi connectivity index (χ0) is 22.7. The summed E-state index contributed by atoms with van der Waals surface area (Å²) in [6.07, 6.45) is 2.57. The molecule has 1 aliphatic heterocycles. The van der Waals surface area contributed by atoms with Crippen LogP contribution in [0.1, 0.15) is 47.8 Å². The van der Waals surface area contributed by atoms with E-state index in [0.717, 1.165) is 36.6 Å². The SMILES string of the molecule is CC(C)c1c(C(=O)N2CCCN(c3ccc(C#N)cc3)CC2)cnn1-c1ccc(Cl)cc1. The first-order valence-corrected chi connectivity index (χ1v) is 11.2. The Hall–Kier alpha value is -3.30. The van der Waals surface area contributed by atoms with Gasteiger partial charge < -0.3 is 9.80 Å². The second-order valence-electron chi connectivity index (χ2n) is 8.28. The number of amides is 1. The smallest absolute Gasteiger partial charge is 0.257 e. The molecule has 1 amide bonds. The second-order valence-corrected chi connectivity index (χ2v) is 8.71. The van der Waals surface area contributed by atoms with Crippen LogP contribution in [0.3, 0.4) is 0 Å². The van der Waals surface area contributed by atoms with Gasteiger partial charge in [0.1, 0.15) is 0 Å². The second kappa shape index (κ2) is 9.46. The summed E-state index contributed by atoms with van der Waals surface area (Å²) in [7, 11) is 0. The molecule has 6 nitrogen and oxygen atoms in total. The lowest BCUT2D eigenvalue weighted by Crippen LogP contribution is -2.35. The van der Waals surface area contributed by atoms with Gasteiger partial charge in [0, 0.05) is 36.9 Å². The molecule has 2 aromatic carbocycles. The van der Waals surface area contributed by atoms with E-state index in [2.05, 4.69) is 29.9 Å². The first-order chi connectivity index (χ1) is 15.5. The van der Waals surface area contributed by atoms with Crippen LogP contribution in [0.15, 0.2) is 54.7 Å². The average molecular weight is 448 g/mol. The third-order valence-electron chi connectivity index (χ3n) is 5.80. The van der Waals surface area contributed by atoms with Crippen molar-refractivity contribution in [2.45, 2.75) is 26.2 Å². The zero-order valence-electron chi connectivity index (χ0n) is 18.3. The first kappa shape index (κ1) is 21.9. The van der Waals surface area contributed by atoms with E-state index in [1.165, 1.54) is 0 Å². The molecule has 0 atom stereocenters. The Morgan fingerprint density at radius 2 is 1.69 bits per heavy atom. The fraction of sp³-hybridized carbons (Fsp3) is 0.320. The van der Waals surface area contributed by atoms with Gasteiger partial charge in [0.2, 0.25) is 0 Å². The van der Waals surface area contributed by atoms with E-state index in [1.807, 2.05) is 58.1 Å². The van der Waals surface area contributed by atoms with Gasteiger partial charge in [-0.25, -0.2) is 4.68 Å². The van der Waals surface area contributed by atoms with Gasteiger partial charge in [-0.15, -0.1) is 0 Å². The highest BCUT2D eigenvalue weighted by Gasteiger charge is 2.26. The number of anilines is 1. The third kappa shape index (κ3) is 4.49. The lowest BCUT2D eigenvalue weighted by Gasteiger charge is -2.24. The molecule has 32 heavy (non-hydrogen) atoms. The molecule has 2 heterocycles. The van der Waals surface area contributed by atoms with Crippen LogP contribution in [0, 0.1) is 11.3 Å². The van der Waals surface area contributed by atoms with Crippen LogP contribution in [0.4, 0.5) is 5.69 Å². The lowest BCUT2D eigenvalue weighted by atomic mass is 10.0. The van der Waals surface area contributed by atoms with Crippen molar-refractivity contribution in [1.29, 1.82) is 5.26 Å². The summed E-state index contributed by atoms with van der Waals surface area (Å²) in [5.74, 6) is 0.157. The minimum Gasteiger partial charge on any atom is -0.370 e. The van der Waals surface area contributed by atoms with Crippen LogP contribution in [-0.4, -0.2) is 46.8 Å². The molecule has 0 spiro atoms. The van der Waals surface area contributed by atoms with Crippen LogP contribution >= 0.6 is 11.6 Å². The average Bonchev–Trinajstić information content (AvgIpc) is 3.10. The molecule has 1 fully saturated rings. The lowest BCUT2D eigenvalue weighted by molar-refractivity contribution is 0.0765. The summed E-state index contributed by atoms with van der Waals surface area (Å²) in [6, 6.07) is 17.3. The van der Waals surface area contributed by atoms with Gasteiger partial charge in [0.05, 0.1) is 34.8 Å². The predicted octanol–water partition coefficient (Wildman–Crippen LogP) is 4.87. The van der Waals surface area contributed by atoms with Crippen molar-refractivity contribution in [3.63, 3.8) is 0 Å². The molecule has 4 rings (SSSR count). The molecule has 1 saturated heterocycles. The third-order valence-corrected chi connectivity index (χ3v) is 6.05. The van der Waals surface area contributed by atoms with Crippen molar-refractivity contribution in [3.8, 4) is 11.8 Å². The number of benzene rings is 2. The molecule has 0 N–H and O–H groups in total. The van der Waals surface area contributed by atoms with E-state index >= 15 is 0 Å². The molecule has 0 aliphatic carbocycles. The molecule has 1 aliphatic rings. The molecule has 0 bridgehead atoms. The van der Waals surface area contributed by atoms with E-state index in [4.69, 9.17) is 16.9 Å². The van der Waals surface area contributed by atoms with Crippen LogP contribution < -0.4 is 4.90 Å². The van der Waals surface area contributed by atoms with Crippen molar-refractivity contribution in [3.05, 3.63) is 76.6 Å². The van der Waals surface area contributed by atoms with Crippen molar-refractivity contribution in [1.82, 2.24) is 14.7 Å². The highest BCUT2D eigenvalue weighted by atomic mass is 35.5. The van der Waals surface area contributed by atoms with E-state index in [0.29, 0.717) is 29.2 Å². The van der Waals surface area contributed by atoms with E-state index < -0.39 is 0 Å². The Bertz CT molecular complexity index is 1130. The summed E-state index contributed by atoms with van der Waals surface area (Å²) in [5.41, 5.74) is 4.18. The minimum atomic E-state index is 0.0237. The normalized spacial score (nSPS) is 14.3. The maximum Gasteiger partial charge on any atom is 0.257 e. The van der Waals surface area contributed by atoms with Crippen LogP contribution in [0.5, 0.6) is 0 Å². The van der Waals surface area contributed by atoms with Crippen molar-refractivity contribution < 1.29 is 4.79 Å². The van der Waals surface area contributed by atoms with Crippen molar-refractivity contribution in [2.24, 2.45) is 0 Å². The molecule has 0 radical (unpaired) electrons. The number of hydrogen-bond acceptors (Lipinski definition) is 4. The number of aromatic nitrogens is 2. The van der Waals surface area contributed by atoms with Gasteiger partial charge in [0.15, 0.2) is 0 Å². The molecule has 0 unspecified atom stereocenters. The van der Waals surface area contributed by atoms with Crippen LogP contribution in [0.2, 0.25) is 5.02 Å². The number of rotatable bonds is 4. The maximum atomic E-state index is 13.5. The number of nitrogens with zero attached hydrogens (tertiary/aromatic N) is 5. The molecule has 7 heteroatoms. The van der Waals surface area contributed by atoms with Crippen LogP contribution in [-0.2, 0) is 0 Å². The summed E-state index contributed by atoms with van der Waals surface area (Å²) in [4.78, 5) is 17.7. The molecule has 164 valence electrons. The fourth-order valence-corrected chi connectivity index (χ4v) is 4.29. The Morgan fingerprint density at radius 3 is 2.34 bits per heavy atom. The standard InChI is InChI=1S/C25H26ClN5O/c1-18(2)24-23(17-28-31(24)22-10-6-20(26)7-11-22)25(32)30-13-3-12-29(14-15-30)21-8-4-19(16-27)5-9-21/h4-11,17-18H,3,12-15H2,1-2H3. The van der Waals surface area contributed by atoms with E-state index in [1.54, 1.807) is 6.20 Å². The number of nitriles is 1. The zero-order valence-corrected chi connectivity index (χ0v) is 19.1. The van der Waals surface area contributed by atoms with E-state index in [9.17, 15) is 4.79 Å². The Kier molecular flexibility index (Phi) is 6.48. The summed E-state index contributed by atoms with van der Waals surface area (Å²) >= 11 is 6.04. The van der Waals surface area contributed by atoms with Gasteiger partial charge >= 0.3 is 0 Å². The number of carbonyl (C=O) groups is 1. The highest BCUT2D eigenvalue weighted by Crippen LogP contribution is 2.26. The van der Waals surface area contributed by atoms with Gasteiger partial charge in [-0.3, -0.25) is 4.79 Å². The first-order valence-electron chi connectivity index (χ1n) is 10.9. The van der Waals surface area contributed by atoms with Gasteiger partial charge in [-0.1, -0.05) is 25.4 Å². The molecule has 3 aromatic rings. The molecular weight excluding hydrogens is 422 g/mol. The van der Waals surface area contributed by atoms with Gasteiger partial charge in [-0.2, -0.15) is 10.4 Å². The number of hydrogen-bond donors (Lipinski definition) is 0. The molecule has 1 aromatic heterocycles. The molecular formula is C25H26ClN5O.